The number of pyridine rings is 1. The molecule has 2 heterocycles. The minimum absolute atomic E-state index is 0. The van der Waals surface area contributed by atoms with Crippen LogP contribution in [0.4, 0.5) is 0 Å². The van der Waals surface area contributed by atoms with Crippen molar-refractivity contribution < 1.29 is 0 Å². The molecule has 0 aliphatic rings. The maximum Gasteiger partial charge on any atom is 0.129 e. The lowest BCUT2D eigenvalue weighted by atomic mass is 10.3. The molecule has 86 valence electrons. The minimum atomic E-state index is 0. The van der Waals surface area contributed by atoms with Gasteiger partial charge < -0.3 is 5.73 Å². The summed E-state index contributed by atoms with van der Waals surface area (Å²) in [6, 6.07) is 3.70. The van der Waals surface area contributed by atoms with Gasteiger partial charge in [0.15, 0.2) is 0 Å². The molecule has 0 aromatic carbocycles. The van der Waals surface area contributed by atoms with Crippen molar-refractivity contribution in [3.05, 3.63) is 47.0 Å². The van der Waals surface area contributed by atoms with Gasteiger partial charge in [0.05, 0.1) is 12.7 Å². The largest absolute Gasteiger partial charge is 0.326 e. The van der Waals surface area contributed by atoms with Crippen molar-refractivity contribution in [2.45, 2.75) is 13.1 Å². The van der Waals surface area contributed by atoms with Gasteiger partial charge in [-0.25, -0.2) is 4.98 Å². The van der Waals surface area contributed by atoms with Crippen LogP contribution in [0.1, 0.15) is 11.1 Å². The second-order valence-corrected chi connectivity index (χ2v) is 3.63. The highest BCUT2D eigenvalue weighted by atomic mass is 35.5. The van der Waals surface area contributed by atoms with Gasteiger partial charge in [-0.15, -0.1) is 12.4 Å². The fourth-order valence-corrected chi connectivity index (χ4v) is 1.40. The van der Waals surface area contributed by atoms with Gasteiger partial charge >= 0.3 is 0 Å². The van der Waals surface area contributed by atoms with E-state index < -0.39 is 0 Å². The normalized spacial score (nSPS) is 9.88. The molecule has 2 aromatic heterocycles. The van der Waals surface area contributed by atoms with Crippen LogP contribution >= 0.6 is 24.0 Å². The summed E-state index contributed by atoms with van der Waals surface area (Å²) in [6.45, 7) is 1.20. The number of aromatic nitrogens is 3. The zero-order valence-corrected chi connectivity index (χ0v) is 10.1. The van der Waals surface area contributed by atoms with E-state index in [1.807, 2.05) is 16.9 Å². The van der Waals surface area contributed by atoms with Crippen molar-refractivity contribution in [1.29, 1.82) is 0 Å². The van der Waals surface area contributed by atoms with E-state index in [-0.39, 0.29) is 12.4 Å². The maximum atomic E-state index is 5.69. The van der Waals surface area contributed by atoms with Crippen LogP contribution in [-0.4, -0.2) is 14.8 Å². The third kappa shape index (κ3) is 3.20. The second kappa shape index (κ2) is 5.84. The highest BCUT2D eigenvalue weighted by Gasteiger charge is 1.98. The van der Waals surface area contributed by atoms with Gasteiger partial charge in [0.1, 0.15) is 5.15 Å². The third-order valence-electron chi connectivity index (χ3n) is 2.06. The summed E-state index contributed by atoms with van der Waals surface area (Å²) in [6.07, 6.45) is 5.43. The number of rotatable bonds is 3. The summed E-state index contributed by atoms with van der Waals surface area (Å²) in [5.41, 5.74) is 7.58. The summed E-state index contributed by atoms with van der Waals surface area (Å²) >= 11 is 5.69. The zero-order valence-electron chi connectivity index (χ0n) is 8.51. The highest BCUT2D eigenvalue weighted by Crippen LogP contribution is 2.07. The van der Waals surface area contributed by atoms with E-state index in [0.717, 1.165) is 11.1 Å². The van der Waals surface area contributed by atoms with Crippen molar-refractivity contribution >= 4 is 24.0 Å². The van der Waals surface area contributed by atoms with Gasteiger partial charge in [0.25, 0.3) is 0 Å². The zero-order chi connectivity index (χ0) is 10.7. The van der Waals surface area contributed by atoms with E-state index in [2.05, 4.69) is 10.1 Å². The Morgan fingerprint density at radius 1 is 1.25 bits per heavy atom. The van der Waals surface area contributed by atoms with E-state index >= 15 is 0 Å². The van der Waals surface area contributed by atoms with Crippen LogP contribution in [0.25, 0.3) is 0 Å². The number of hydrogen-bond acceptors (Lipinski definition) is 3. The Hall–Kier alpha value is -1.10. The molecule has 2 rings (SSSR count). The molecule has 6 heteroatoms. The molecule has 0 aliphatic carbocycles. The molecule has 16 heavy (non-hydrogen) atoms. The Balaban J connectivity index is 0.00000128. The standard InChI is InChI=1S/C10H11ClN4.ClH/c11-10-2-1-8(4-13-10)6-15-7-9(3-12)5-14-15;/h1-2,4-5,7H,3,6,12H2;1H. The lowest BCUT2D eigenvalue weighted by molar-refractivity contribution is 0.684. The summed E-state index contributed by atoms with van der Waals surface area (Å²) in [7, 11) is 0. The summed E-state index contributed by atoms with van der Waals surface area (Å²) in [5.74, 6) is 0. The lowest BCUT2D eigenvalue weighted by Gasteiger charge is -2.00. The topological polar surface area (TPSA) is 56.7 Å². The van der Waals surface area contributed by atoms with E-state index in [9.17, 15) is 0 Å². The van der Waals surface area contributed by atoms with E-state index in [1.165, 1.54) is 0 Å². The minimum Gasteiger partial charge on any atom is -0.326 e. The molecule has 0 radical (unpaired) electrons. The molecule has 0 saturated heterocycles. The molecule has 0 spiro atoms. The first-order chi connectivity index (χ1) is 7.28. The van der Waals surface area contributed by atoms with Gasteiger partial charge in [-0.3, -0.25) is 4.68 Å². The smallest absolute Gasteiger partial charge is 0.129 e. The maximum absolute atomic E-state index is 5.69. The van der Waals surface area contributed by atoms with Crippen LogP contribution in [0.2, 0.25) is 5.15 Å². The van der Waals surface area contributed by atoms with Crippen LogP contribution in [0.5, 0.6) is 0 Å². The Labute approximate surface area is 105 Å². The number of nitrogens with zero attached hydrogens (tertiary/aromatic N) is 3. The molecular weight excluding hydrogens is 247 g/mol. The average molecular weight is 259 g/mol. The Bertz CT molecular complexity index is 438. The fourth-order valence-electron chi connectivity index (χ4n) is 1.29. The van der Waals surface area contributed by atoms with E-state index in [4.69, 9.17) is 17.3 Å². The molecule has 4 nitrogen and oxygen atoms in total. The fraction of sp³-hybridized carbons (Fsp3) is 0.200. The number of hydrogen-bond donors (Lipinski definition) is 1. The summed E-state index contributed by atoms with van der Waals surface area (Å²) in [4.78, 5) is 4.00. The highest BCUT2D eigenvalue weighted by molar-refractivity contribution is 6.29. The van der Waals surface area contributed by atoms with Crippen molar-refractivity contribution in [2.75, 3.05) is 0 Å². The molecule has 0 bridgehead atoms. The predicted molar refractivity (Wildman–Crippen MR) is 65.7 cm³/mol. The monoisotopic (exact) mass is 258 g/mol. The van der Waals surface area contributed by atoms with Crippen LogP contribution in [0, 0.1) is 0 Å². The van der Waals surface area contributed by atoms with Crippen molar-refractivity contribution in [2.24, 2.45) is 5.73 Å². The quantitative estimate of drug-likeness (QED) is 0.856. The van der Waals surface area contributed by atoms with Gasteiger partial charge in [-0.05, 0) is 11.6 Å². The van der Waals surface area contributed by atoms with Crippen molar-refractivity contribution in [3.63, 3.8) is 0 Å². The predicted octanol–water partition coefficient (Wildman–Crippen LogP) is 1.86. The first-order valence-corrected chi connectivity index (χ1v) is 4.97. The Morgan fingerprint density at radius 3 is 2.62 bits per heavy atom. The van der Waals surface area contributed by atoms with E-state index in [1.54, 1.807) is 18.5 Å². The molecule has 2 N–H and O–H groups in total. The molecular formula is C10H12Cl2N4. The molecule has 0 amide bonds. The molecule has 0 fully saturated rings. The van der Waals surface area contributed by atoms with Crippen LogP contribution in [0.3, 0.4) is 0 Å². The molecule has 0 aliphatic heterocycles. The first kappa shape index (κ1) is 13.0. The van der Waals surface area contributed by atoms with Gasteiger partial charge in [0, 0.05) is 24.5 Å². The van der Waals surface area contributed by atoms with Crippen LogP contribution < -0.4 is 5.73 Å². The summed E-state index contributed by atoms with van der Waals surface area (Å²) < 4.78 is 1.83. The number of nitrogens with two attached hydrogens (primary N) is 1. The van der Waals surface area contributed by atoms with Gasteiger partial charge in [-0.2, -0.15) is 5.10 Å². The lowest BCUT2D eigenvalue weighted by Crippen LogP contribution is -2.00. The number of halogens is 2. The molecule has 0 unspecified atom stereocenters. The van der Waals surface area contributed by atoms with Crippen molar-refractivity contribution in [1.82, 2.24) is 14.8 Å². The van der Waals surface area contributed by atoms with Crippen molar-refractivity contribution in [3.8, 4) is 0 Å². The molecule has 0 saturated carbocycles. The molecule has 2 aromatic rings. The third-order valence-corrected chi connectivity index (χ3v) is 2.28. The van der Waals surface area contributed by atoms with Crippen LogP contribution in [0.15, 0.2) is 30.7 Å². The first-order valence-electron chi connectivity index (χ1n) is 4.60. The summed E-state index contributed by atoms with van der Waals surface area (Å²) in [5, 5.41) is 4.68. The average Bonchev–Trinajstić information content (AvgIpc) is 2.69. The Kier molecular flexibility index (Phi) is 4.73. The van der Waals surface area contributed by atoms with Crippen LogP contribution in [-0.2, 0) is 13.1 Å². The Morgan fingerprint density at radius 2 is 2.06 bits per heavy atom. The van der Waals surface area contributed by atoms with E-state index in [0.29, 0.717) is 18.2 Å². The van der Waals surface area contributed by atoms with Gasteiger partial charge in [-0.1, -0.05) is 17.7 Å². The van der Waals surface area contributed by atoms with Gasteiger partial charge in [0.2, 0.25) is 0 Å². The SMILES string of the molecule is Cl.NCc1cnn(Cc2ccc(Cl)nc2)c1. The second-order valence-electron chi connectivity index (χ2n) is 3.24. The molecule has 0 atom stereocenters.